The summed E-state index contributed by atoms with van der Waals surface area (Å²) < 4.78 is 0. The second-order valence-corrected chi connectivity index (χ2v) is 4.77. The van der Waals surface area contributed by atoms with E-state index in [9.17, 15) is 4.79 Å². The minimum atomic E-state index is -0.169. The maximum Gasteiger partial charge on any atom is 0.255 e. The van der Waals surface area contributed by atoms with Crippen molar-refractivity contribution >= 4 is 34.8 Å². The van der Waals surface area contributed by atoms with E-state index in [1.165, 1.54) is 0 Å². The summed E-state index contributed by atoms with van der Waals surface area (Å²) in [5.74, 6) is -0.169. The SMILES string of the molecule is Cc1cccc(C(=O)Nc2ccc(Cl)c(Cl)c2)c1. The maximum absolute atomic E-state index is 12.0. The Morgan fingerprint density at radius 1 is 1.06 bits per heavy atom. The molecule has 2 nitrogen and oxygen atoms in total. The zero-order valence-electron chi connectivity index (χ0n) is 9.71. The quantitative estimate of drug-likeness (QED) is 0.858. The highest BCUT2D eigenvalue weighted by Crippen LogP contribution is 2.25. The van der Waals surface area contributed by atoms with Gasteiger partial charge in [0.2, 0.25) is 0 Å². The van der Waals surface area contributed by atoms with Crippen LogP contribution in [0.4, 0.5) is 5.69 Å². The fourth-order valence-corrected chi connectivity index (χ4v) is 1.86. The fraction of sp³-hybridized carbons (Fsp3) is 0.0714. The summed E-state index contributed by atoms with van der Waals surface area (Å²) in [4.78, 5) is 12.0. The molecule has 2 aromatic carbocycles. The molecular formula is C14H11Cl2NO. The smallest absolute Gasteiger partial charge is 0.255 e. The summed E-state index contributed by atoms with van der Waals surface area (Å²) in [6.45, 7) is 1.94. The second-order valence-electron chi connectivity index (χ2n) is 3.95. The average Bonchev–Trinajstić information content (AvgIpc) is 2.34. The molecule has 4 heteroatoms. The van der Waals surface area contributed by atoms with E-state index < -0.39 is 0 Å². The second kappa shape index (κ2) is 5.42. The highest BCUT2D eigenvalue weighted by molar-refractivity contribution is 6.42. The number of hydrogen-bond donors (Lipinski definition) is 1. The van der Waals surface area contributed by atoms with Crippen molar-refractivity contribution in [3.05, 3.63) is 63.6 Å². The van der Waals surface area contributed by atoms with Crippen molar-refractivity contribution < 1.29 is 4.79 Å². The summed E-state index contributed by atoms with van der Waals surface area (Å²) in [6.07, 6.45) is 0. The maximum atomic E-state index is 12.0. The lowest BCUT2D eigenvalue weighted by Crippen LogP contribution is -2.11. The molecule has 0 aliphatic heterocycles. The van der Waals surface area contributed by atoms with Gasteiger partial charge in [-0.15, -0.1) is 0 Å². The van der Waals surface area contributed by atoms with Crippen LogP contribution < -0.4 is 5.32 Å². The molecule has 0 spiro atoms. The van der Waals surface area contributed by atoms with Crippen LogP contribution in [-0.2, 0) is 0 Å². The summed E-state index contributed by atoms with van der Waals surface area (Å²) in [5, 5.41) is 3.65. The average molecular weight is 280 g/mol. The van der Waals surface area contributed by atoms with Gasteiger partial charge in [-0.25, -0.2) is 0 Å². The molecule has 0 atom stereocenters. The third-order valence-corrected chi connectivity index (χ3v) is 3.20. The minimum Gasteiger partial charge on any atom is -0.322 e. The molecule has 18 heavy (non-hydrogen) atoms. The number of carbonyl (C=O) groups excluding carboxylic acids is 1. The lowest BCUT2D eigenvalue weighted by atomic mass is 10.1. The topological polar surface area (TPSA) is 29.1 Å². The lowest BCUT2D eigenvalue weighted by molar-refractivity contribution is 0.102. The van der Waals surface area contributed by atoms with Crippen LogP contribution in [0, 0.1) is 6.92 Å². The van der Waals surface area contributed by atoms with Gasteiger partial charge in [0.05, 0.1) is 10.0 Å². The predicted octanol–water partition coefficient (Wildman–Crippen LogP) is 4.55. The number of anilines is 1. The van der Waals surface area contributed by atoms with Gasteiger partial charge >= 0.3 is 0 Å². The van der Waals surface area contributed by atoms with Gasteiger partial charge in [0.15, 0.2) is 0 Å². The van der Waals surface area contributed by atoms with Crippen LogP contribution in [0.1, 0.15) is 15.9 Å². The number of halogens is 2. The molecule has 0 fully saturated rings. The largest absolute Gasteiger partial charge is 0.322 e. The van der Waals surface area contributed by atoms with Crippen molar-refractivity contribution in [2.45, 2.75) is 6.92 Å². The van der Waals surface area contributed by atoms with Crippen molar-refractivity contribution in [1.82, 2.24) is 0 Å². The highest BCUT2D eigenvalue weighted by atomic mass is 35.5. The molecule has 1 amide bonds. The van der Waals surface area contributed by atoms with Crippen molar-refractivity contribution in [2.75, 3.05) is 5.32 Å². The van der Waals surface area contributed by atoms with Gasteiger partial charge in [-0.05, 0) is 37.3 Å². The molecule has 0 aliphatic carbocycles. The summed E-state index contributed by atoms with van der Waals surface area (Å²) in [7, 11) is 0. The molecule has 2 aromatic rings. The molecular weight excluding hydrogens is 269 g/mol. The standard InChI is InChI=1S/C14H11Cl2NO/c1-9-3-2-4-10(7-9)14(18)17-11-5-6-12(15)13(16)8-11/h2-8H,1H3,(H,17,18). The van der Waals surface area contributed by atoms with Gasteiger partial charge in [-0.3, -0.25) is 4.79 Å². The van der Waals surface area contributed by atoms with E-state index in [2.05, 4.69) is 5.32 Å². The van der Waals surface area contributed by atoms with E-state index in [-0.39, 0.29) is 5.91 Å². The highest BCUT2D eigenvalue weighted by Gasteiger charge is 2.07. The normalized spacial score (nSPS) is 10.2. The third-order valence-electron chi connectivity index (χ3n) is 2.46. The van der Waals surface area contributed by atoms with Crippen molar-refractivity contribution in [3.8, 4) is 0 Å². The first-order valence-electron chi connectivity index (χ1n) is 5.39. The van der Waals surface area contributed by atoms with Crippen LogP contribution >= 0.6 is 23.2 Å². The Balaban J connectivity index is 2.18. The van der Waals surface area contributed by atoms with Crippen LogP contribution in [0.3, 0.4) is 0 Å². The number of hydrogen-bond acceptors (Lipinski definition) is 1. The van der Waals surface area contributed by atoms with Crippen molar-refractivity contribution in [3.63, 3.8) is 0 Å². The lowest BCUT2D eigenvalue weighted by Gasteiger charge is -2.06. The van der Waals surface area contributed by atoms with E-state index >= 15 is 0 Å². The molecule has 0 aromatic heterocycles. The van der Waals surface area contributed by atoms with Crippen molar-refractivity contribution in [1.29, 1.82) is 0 Å². The fourth-order valence-electron chi connectivity index (χ4n) is 1.56. The third kappa shape index (κ3) is 3.03. The zero-order valence-corrected chi connectivity index (χ0v) is 11.2. The van der Waals surface area contributed by atoms with Crippen molar-refractivity contribution in [2.24, 2.45) is 0 Å². The zero-order chi connectivity index (χ0) is 13.1. The first-order valence-corrected chi connectivity index (χ1v) is 6.15. The Labute approximate surface area is 116 Å². The summed E-state index contributed by atoms with van der Waals surface area (Å²) >= 11 is 11.7. The Morgan fingerprint density at radius 3 is 2.50 bits per heavy atom. The van der Waals surface area contributed by atoms with Gasteiger partial charge in [0.1, 0.15) is 0 Å². The molecule has 0 unspecified atom stereocenters. The number of rotatable bonds is 2. The Morgan fingerprint density at radius 2 is 1.83 bits per heavy atom. The molecule has 0 bridgehead atoms. The molecule has 0 saturated heterocycles. The molecule has 1 N–H and O–H groups in total. The van der Waals surface area contributed by atoms with Crippen LogP contribution in [0.2, 0.25) is 10.0 Å². The number of nitrogens with one attached hydrogen (secondary N) is 1. The first kappa shape index (κ1) is 12.9. The number of aryl methyl sites for hydroxylation is 1. The predicted molar refractivity (Wildman–Crippen MR) is 75.6 cm³/mol. The van der Waals surface area contributed by atoms with Crippen LogP contribution in [0.15, 0.2) is 42.5 Å². The summed E-state index contributed by atoms with van der Waals surface area (Å²) in [6, 6.07) is 12.4. The molecule has 0 aliphatic rings. The molecule has 92 valence electrons. The van der Waals surface area contributed by atoms with Gasteiger partial charge in [0.25, 0.3) is 5.91 Å². The number of carbonyl (C=O) groups is 1. The minimum absolute atomic E-state index is 0.169. The van der Waals surface area contributed by atoms with Gasteiger partial charge < -0.3 is 5.32 Å². The number of amides is 1. The molecule has 0 radical (unpaired) electrons. The molecule has 0 saturated carbocycles. The molecule has 2 rings (SSSR count). The Kier molecular flexibility index (Phi) is 3.90. The number of benzene rings is 2. The van der Waals surface area contributed by atoms with E-state index in [1.54, 1.807) is 24.3 Å². The molecule has 0 heterocycles. The van der Waals surface area contributed by atoms with Crippen LogP contribution in [0.5, 0.6) is 0 Å². The van der Waals surface area contributed by atoms with Crippen LogP contribution in [0.25, 0.3) is 0 Å². The van der Waals surface area contributed by atoms with E-state index in [1.807, 2.05) is 25.1 Å². The van der Waals surface area contributed by atoms with Gasteiger partial charge in [-0.2, -0.15) is 0 Å². The van der Waals surface area contributed by atoms with E-state index in [4.69, 9.17) is 23.2 Å². The van der Waals surface area contributed by atoms with E-state index in [0.717, 1.165) is 5.56 Å². The van der Waals surface area contributed by atoms with Crippen LogP contribution in [-0.4, -0.2) is 5.91 Å². The van der Waals surface area contributed by atoms with Gasteiger partial charge in [0, 0.05) is 11.3 Å². The monoisotopic (exact) mass is 279 g/mol. The Bertz CT molecular complexity index is 596. The first-order chi connectivity index (χ1) is 8.56. The van der Waals surface area contributed by atoms with Gasteiger partial charge in [-0.1, -0.05) is 40.9 Å². The summed E-state index contributed by atoms with van der Waals surface area (Å²) in [5.41, 5.74) is 2.27. The van der Waals surface area contributed by atoms with E-state index in [0.29, 0.717) is 21.3 Å². The Hall–Kier alpha value is -1.51.